The number of allylic oxidation sites excluding steroid dienone is 1. The molecule has 2 aliphatic carbocycles. The number of benzene rings is 1. The molecule has 3 aliphatic rings. The van der Waals surface area contributed by atoms with Gasteiger partial charge in [-0.15, -0.1) is 0 Å². The van der Waals surface area contributed by atoms with Crippen LogP contribution >= 0.6 is 0 Å². The van der Waals surface area contributed by atoms with E-state index >= 15 is 0 Å². The molecule has 1 fully saturated rings. The summed E-state index contributed by atoms with van der Waals surface area (Å²) in [6.07, 6.45) is 3.19. The first kappa shape index (κ1) is 13.6. The molecule has 4 nitrogen and oxygen atoms in total. The zero-order chi connectivity index (χ0) is 15.5. The van der Waals surface area contributed by atoms with Crippen LogP contribution in [0.5, 0.6) is 5.75 Å². The molecule has 0 saturated carbocycles. The van der Waals surface area contributed by atoms with E-state index in [1.54, 1.807) is 7.11 Å². The summed E-state index contributed by atoms with van der Waals surface area (Å²) in [6, 6.07) is 6.11. The molecule has 1 saturated heterocycles. The number of fused-ring (bicyclic) bond motifs is 4. The second-order valence-corrected chi connectivity index (χ2v) is 6.59. The highest BCUT2D eigenvalue weighted by molar-refractivity contribution is 6.02. The summed E-state index contributed by atoms with van der Waals surface area (Å²) in [5.74, 6) is -0.246. The molecule has 1 heterocycles. The van der Waals surface area contributed by atoms with Crippen molar-refractivity contribution < 1.29 is 19.1 Å². The van der Waals surface area contributed by atoms with E-state index in [9.17, 15) is 9.59 Å². The Morgan fingerprint density at radius 3 is 2.82 bits per heavy atom. The van der Waals surface area contributed by atoms with Gasteiger partial charge >= 0.3 is 11.9 Å². The predicted octanol–water partition coefficient (Wildman–Crippen LogP) is 2.89. The number of carbonyl (C=O) groups excluding carboxylic acids is 2. The Labute approximate surface area is 129 Å². The molecular formula is C18H18O4. The van der Waals surface area contributed by atoms with Crippen molar-refractivity contribution in [1.82, 2.24) is 0 Å². The van der Waals surface area contributed by atoms with E-state index in [2.05, 4.69) is 12.1 Å². The molecule has 0 N–H and O–H groups in total. The molecule has 0 unspecified atom stereocenters. The number of carbonyl (C=O) groups is 2. The monoisotopic (exact) mass is 298 g/mol. The van der Waals surface area contributed by atoms with Crippen molar-refractivity contribution in [3.8, 4) is 5.75 Å². The zero-order valence-corrected chi connectivity index (χ0v) is 12.8. The van der Waals surface area contributed by atoms with Crippen LogP contribution in [-0.2, 0) is 20.7 Å². The van der Waals surface area contributed by atoms with Crippen molar-refractivity contribution in [3.63, 3.8) is 0 Å². The Hall–Kier alpha value is -2.10. The zero-order valence-electron chi connectivity index (χ0n) is 12.8. The molecule has 0 amide bonds. The second-order valence-electron chi connectivity index (χ2n) is 6.59. The third-order valence-electron chi connectivity index (χ3n) is 5.46. The SMILES string of the molecule is COc1ccc2c(c1)CCC1=C2CC[C@@]2(C)C(=O)OC(=O)[C@@H]12. The first-order valence-electron chi connectivity index (χ1n) is 7.70. The molecule has 4 heteroatoms. The quantitative estimate of drug-likeness (QED) is 0.591. The lowest BCUT2D eigenvalue weighted by Gasteiger charge is -2.37. The smallest absolute Gasteiger partial charge is 0.321 e. The number of methoxy groups -OCH3 is 1. The van der Waals surface area contributed by atoms with Crippen LogP contribution in [0.15, 0.2) is 23.8 Å². The van der Waals surface area contributed by atoms with Gasteiger partial charge < -0.3 is 9.47 Å². The first-order chi connectivity index (χ1) is 10.5. The molecule has 2 atom stereocenters. The third kappa shape index (κ3) is 1.64. The summed E-state index contributed by atoms with van der Waals surface area (Å²) in [6.45, 7) is 1.87. The van der Waals surface area contributed by atoms with E-state index in [0.29, 0.717) is 6.42 Å². The van der Waals surface area contributed by atoms with Crippen molar-refractivity contribution in [2.45, 2.75) is 32.6 Å². The fraction of sp³-hybridized carbons (Fsp3) is 0.444. The van der Waals surface area contributed by atoms with E-state index in [1.165, 1.54) is 16.7 Å². The molecule has 22 heavy (non-hydrogen) atoms. The molecule has 0 bridgehead atoms. The maximum absolute atomic E-state index is 12.2. The van der Waals surface area contributed by atoms with Crippen LogP contribution in [0.3, 0.4) is 0 Å². The maximum atomic E-state index is 12.2. The first-order valence-corrected chi connectivity index (χ1v) is 7.70. The van der Waals surface area contributed by atoms with Gasteiger partial charge in [0.25, 0.3) is 0 Å². The van der Waals surface area contributed by atoms with Crippen LogP contribution in [0.4, 0.5) is 0 Å². The molecule has 1 aliphatic heterocycles. The highest BCUT2D eigenvalue weighted by atomic mass is 16.6. The van der Waals surface area contributed by atoms with Gasteiger partial charge in [-0.05, 0) is 61.4 Å². The summed E-state index contributed by atoms with van der Waals surface area (Å²) < 4.78 is 10.3. The lowest BCUT2D eigenvalue weighted by atomic mass is 9.62. The fourth-order valence-electron chi connectivity index (χ4n) is 4.21. The van der Waals surface area contributed by atoms with Crippen molar-refractivity contribution in [2.75, 3.05) is 7.11 Å². The van der Waals surface area contributed by atoms with Gasteiger partial charge in [0.1, 0.15) is 5.75 Å². The number of cyclic esters (lactones) is 2. The number of esters is 2. The summed E-state index contributed by atoms with van der Waals surface area (Å²) in [4.78, 5) is 24.3. The molecule has 4 rings (SSSR count). The standard InChI is InChI=1S/C18H18O4/c1-18-8-7-13-12-6-4-11(21-2)9-10(12)3-5-14(13)15(18)16(19)22-17(18)20/h4,6,9,15H,3,5,7-8H2,1-2H3/t15-,18-/m1/s1. The average molecular weight is 298 g/mol. The highest BCUT2D eigenvalue weighted by Gasteiger charge is 2.58. The molecule has 114 valence electrons. The average Bonchev–Trinajstić information content (AvgIpc) is 2.76. The maximum Gasteiger partial charge on any atom is 0.321 e. The van der Waals surface area contributed by atoms with E-state index in [-0.39, 0.29) is 17.9 Å². The summed E-state index contributed by atoms with van der Waals surface area (Å²) in [5, 5.41) is 0. The van der Waals surface area contributed by atoms with Gasteiger partial charge in [-0.3, -0.25) is 9.59 Å². The van der Waals surface area contributed by atoms with Gasteiger partial charge in [0, 0.05) is 0 Å². The largest absolute Gasteiger partial charge is 0.497 e. The van der Waals surface area contributed by atoms with E-state index < -0.39 is 5.41 Å². The van der Waals surface area contributed by atoms with Crippen LogP contribution in [0.25, 0.3) is 5.57 Å². The second kappa shape index (κ2) is 4.45. The summed E-state index contributed by atoms with van der Waals surface area (Å²) >= 11 is 0. The number of aryl methyl sites for hydroxylation is 1. The molecule has 0 spiro atoms. The molecular weight excluding hydrogens is 280 g/mol. The Morgan fingerprint density at radius 1 is 1.23 bits per heavy atom. The fourth-order valence-corrected chi connectivity index (χ4v) is 4.21. The molecule has 1 aromatic carbocycles. The highest BCUT2D eigenvalue weighted by Crippen LogP contribution is 2.54. The lowest BCUT2D eigenvalue weighted by molar-refractivity contribution is -0.155. The van der Waals surface area contributed by atoms with Crippen molar-refractivity contribution >= 4 is 17.5 Å². The minimum Gasteiger partial charge on any atom is -0.497 e. The topological polar surface area (TPSA) is 52.6 Å². The Balaban J connectivity index is 1.85. The van der Waals surface area contributed by atoms with Crippen LogP contribution in [0.2, 0.25) is 0 Å². The summed E-state index contributed by atoms with van der Waals surface area (Å²) in [7, 11) is 1.67. The number of rotatable bonds is 1. The van der Waals surface area contributed by atoms with E-state index in [4.69, 9.17) is 9.47 Å². The minimum atomic E-state index is -0.667. The molecule has 0 radical (unpaired) electrons. The third-order valence-corrected chi connectivity index (χ3v) is 5.46. The van der Waals surface area contributed by atoms with Gasteiger partial charge in [0.15, 0.2) is 0 Å². The van der Waals surface area contributed by atoms with Gasteiger partial charge in [-0.2, -0.15) is 0 Å². The van der Waals surface area contributed by atoms with Crippen molar-refractivity contribution in [3.05, 3.63) is 34.9 Å². The lowest BCUT2D eigenvalue weighted by Crippen LogP contribution is -2.36. The molecule has 0 aromatic heterocycles. The Bertz CT molecular complexity index is 731. The van der Waals surface area contributed by atoms with Crippen molar-refractivity contribution in [1.29, 1.82) is 0 Å². The number of hydrogen-bond donors (Lipinski definition) is 0. The van der Waals surface area contributed by atoms with Gasteiger partial charge in [0.2, 0.25) is 0 Å². The minimum absolute atomic E-state index is 0.352. The van der Waals surface area contributed by atoms with Crippen LogP contribution in [0.1, 0.15) is 37.3 Å². The Morgan fingerprint density at radius 2 is 2.05 bits per heavy atom. The van der Waals surface area contributed by atoms with E-state index in [0.717, 1.165) is 30.6 Å². The van der Waals surface area contributed by atoms with Crippen molar-refractivity contribution in [2.24, 2.45) is 11.3 Å². The van der Waals surface area contributed by atoms with Crippen LogP contribution in [0, 0.1) is 11.3 Å². The number of hydrogen-bond acceptors (Lipinski definition) is 4. The molecule has 1 aromatic rings. The van der Waals surface area contributed by atoms with Gasteiger partial charge in [0.05, 0.1) is 18.4 Å². The normalized spacial score (nSPS) is 29.6. The number of ether oxygens (including phenoxy) is 2. The van der Waals surface area contributed by atoms with Gasteiger partial charge in [-0.25, -0.2) is 0 Å². The summed E-state index contributed by atoms with van der Waals surface area (Å²) in [5.41, 5.74) is 4.15. The Kier molecular flexibility index (Phi) is 2.74. The van der Waals surface area contributed by atoms with Gasteiger partial charge in [-0.1, -0.05) is 11.6 Å². The predicted molar refractivity (Wildman–Crippen MR) is 80.2 cm³/mol. The van der Waals surface area contributed by atoms with Crippen LogP contribution < -0.4 is 4.74 Å². The van der Waals surface area contributed by atoms with E-state index in [1.807, 2.05) is 13.0 Å². The van der Waals surface area contributed by atoms with Crippen LogP contribution in [-0.4, -0.2) is 19.0 Å².